The summed E-state index contributed by atoms with van der Waals surface area (Å²) in [5.74, 6) is 0.164. The van der Waals surface area contributed by atoms with Crippen LogP contribution in [-0.4, -0.2) is 16.0 Å². The van der Waals surface area contributed by atoms with E-state index in [4.69, 9.17) is 0 Å². The van der Waals surface area contributed by atoms with E-state index >= 15 is 0 Å². The third-order valence-corrected chi connectivity index (χ3v) is 4.78. The highest BCUT2D eigenvalue weighted by Gasteiger charge is 2.12. The molecule has 140 valence electrons. The Morgan fingerprint density at radius 1 is 0.846 bits per heavy atom. The molecule has 0 aliphatic rings. The van der Waals surface area contributed by atoms with Crippen LogP contribution >= 0.6 is 0 Å². The second kappa shape index (κ2) is 11.3. The van der Waals surface area contributed by atoms with Gasteiger partial charge >= 0.3 is 0 Å². The lowest BCUT2D eigenvalue weighted by molar-refractivity contribution is 0.318. The average Bonchev–Trinajstić information content (AvgIpc) is 2.67. The molecule has 0 saturated heterocycles. The summed E-state index contributed by atoms with van der Waals surface area (Å²) in [6.07, 6.45) is 10.5. The van der Waals surface area contributed by atoms with Crippen LogP contribution in [0.1, 0.15) is 68.6 Å². The zero-order valence-electron chi connectivity index (χ0n) is 15.8. The Balaban J connectivity index is 1.93. The van der Waals surface area contributed by atoms with E-state index in [0.29, 0.717) is 17.7 Å². The van der Waals surface area contributed by atoms with Gasteiger partial charge in [0.05, 0.1) is 5.71 Å². The van der Waals surface area contributed by atoms with E-state index in [1.807, 2.05) is 42.5 Å². The molecule has 2 aromatic carbocycles. The van der Waals surface area contributed by atoms with E-state index in [-0.39, 0.29) is 5.75 Å². The van der Waals surface area contributed by atoms with Gasteiger partial charge in [0.25, 0.3) is 0 Å². The van der Waals surface area contributed by atoms with Crippen LogP contribution in [0, 0.1) is 0 Å². The number of aryl methyl sites for hydroxylation is 1. The molecular weight excluding hydrogens is 322 g/mol. The van der Waals surface area contributed by atoms with Gasteiger partial charge in [0.2, 0.25) is 0 Å². The van der Waals surface area contributed by atoms with Crippen molar-refractivity contribution in [2.24, 2.45) is 5.16 Å². The van der Waals surface area contributed by atoms with Crippen molar-refractivity contribution in [1.82, 2.24) is 0 Å². The molecule has 0 aromatic heterocycles. The number of nitrogens with zero attached hydrogens (tertiary/aromatic N) is 1. The number of hydrogen-bond donors (Lipinski definition) is 2. The van der Waals surface area contributed by atoms with E-state index < -0.39 is 0 Å². The summed E-state index contributed by atoms with van der Waals surface area (Å²) in [4.78, 5) is 0. The third-order valence-electron chi connectivity index (χ3n) is 4.78. The molecule has 2 N–H and O–H groups in total. The first kappa shape index (κ1) is 20.0. The van der Waals surface area contributed by atoms with E-state index in [1.54, 1.807) is 6.07 Å². The molecule has 0 fully saturated rings. The van der Waals surface area contributed by atoms with Crippen molar-refractivity contribution in [1.29, 1.82) is 0 Å². The lowest BCUT2D eigenvalue weighted by Crippen LogP contribution is -2.06. The second-order valence-electron chi connectivity index (χ2n) is 6.93. The molecule has 0 spiro atoms. The molecule has 2 rings (SSSR count). The Kier molecular flexibility index (Phi) is 8.74. The van der Waals surface area contributed by atoms with Gasteiger partial charge in [0.15, 0.2) is 0 Å². The highest BCUT2D eigenvalue weighted by atomic mass is 16.4. The topological polar surface area (TPSA) is 52.8 Å². The van der Waals surface area contributed by atoms with Crippen LogP contribution in [-0.2, 0) is 12.8 Å². The first-order chi connectivity index (χ1) is 12.7. The third kappa shape index (κ3) is 6.55. The van der Waals surface area contributed by atoms with E-state index in [0.717, 1.165) is 18.4 Å². The number of hydrogen-bond acceptors (Lipinski definition) is 3. The first-order valence-corrected chi connectivity index (χ1v) is 9.81. The standard InChI is InChI=1S/C23H31NO2/c1-2-3-4-5-6-7-9-14-20-15-16-23(25)21(17-20)22(24-26)18-19-12-10-8-11-13-19/h8,10-13,15-17,25-26H,2-7,9,14,18H2,1H3/b24-22+. The number of benzene rings is 2. The highest BCUT2D eigenvalue weighted by Crippen LogP contribution is 2.22. The molecule has 0 atom stereocenters. The van der Waals surface area contributed by atoms with E-state index in [2.05, 4.69) is 12.1 Å². The van der Waals surface area contributed by atoms with Gasteiger partial charge in [-0.3, -0.25) is 0 Å². The van der Waals surface area contributed by atoms with Crippen LogP contribution in [0.25, 0.3) is 0 Å². The Labute approximate surface area is 157 Å². The second-order valence-corrected chi connectivity index (χ2v) is 6.93. The van der Waals surface area contributed by atoms with Gasteiger partial charge in [0.1, 0.15) is 5.75 Å². The lowest BCUT2D eigenvalue weighted by atomic mass is 9.97. The highest BCUT2D eigenvalue weighted by molar-refractivity contribution is 6.03. The molecule has 26 heavy (non-hydrogen) atoms. The number of phenolic OH excluding ortho intramolecular Hbond substituents is 1. The number of unbranched alkanes of at least 4 members (excludes halogenated alkanes) is 6. The summed E-state index contributed by atoms with van der Waals surface area (Å²) in [5.41, 5.74) is 3.35. The monoisotopic (exact) mass is 353 g/mol. The van der Waals surface area contributed by atoms with Crippen molar-refractivity contribution < 1.29 is 10.3 Å². The fourth-order valence-corrected chi connectivity index (χ4v) is 3.23. The maximum atomic E-state index is 10.2. The molecule has 0 amide bonds. The maximum Gasteiger partial charge on any atom is 0.124 e. The van der Waals surface area contributed by atoms with Crippen LogP contribution in [0.3, 0.4) is 0 Å². The number of aromatic hydroxyl groups is 1. The van der Waals surface area contributed by atoms with Gasteiger partial charge in [0, 0.05) is 12.0 Å². The summed E-state index contributed by atoms with van der Waals surface area (Å²) in [7, 11) is 0. The van der Waals surface area contributed by atoms with Crippen LogP contribution in [0.5, 0.6) is 5.75 Å². The number of phenols is 1. The summed E-state index contributed by atoms with van der Waals surface area (Å²) >= 11 is 0. The average molecular weight is 354 g/mol. The largest absolute Gasteiger partial charge is 0.507 e. The minimum atomic E-state index is 0.164. The Bertz CT molecular complexity index is 680. The Morgan fingerprint density at radius 3 is 2.23 bits per heavy atom. The molecule has 0 radical (unpaired) electrons. The van der Waals surface area contributed by atoms with Crippen molar-refractivity contribution in [2.75, 3.05) is 0 Å². The van der Waals surface area contributed by atoms with Crippen LogP contribution in [0.2, 0.25) is 0 Å². The summed E-state index contributed by atoms with van der Waals surface area (Å²) in [6.45, 7) is 2.24. The van der Waals surface area contributed by atoms with Crippen LogP contribution < -0.4 is 0 Å². The zero-order valence-corrected chi connectivity index (χ0v) is 15.8. The van der Waals surface area contributed by atoms with Gasteiger partial charge < -0.3 is 10.3 Å². The van der Waals surface area contributed by atoms with Crippen molar-refractivity contribution in [3.63, 3.8) is 0 Å². The SMILES string of the molecule is CCCCCCCCCc1ccc(O)c(/C(Cc2ccccc2)=N/O)c1. The smallest absolute Gasteiger partial charge is 0.124 e. The van der Waals surface area contributed by atoms with E-state index in [1.165, 1.54) is 44.1 Å². The lowest BCUT2D eigenvalue weighted by Gasteiger charge is -2.10. The molecule has 0 saturated carbocycles. The predicted molar refractivity (Wildman–Crippen MR) is 108 cm³/mol. The quantitative estimate of drug-likeness (QED) is 0.222. The van der Waals surface area contributed by atoms with Crippen molar-refractivity contribution in [2.45, 2.75) is 64.7 Å². The van der Waals surface area contributed by atoms with Crippen molar-refractivity contribution in [3.8, 4) is 5.75 Å². The molecule has 3 heteroatoms. The normalized spacial score (nSPS) is 11.7. The van der Waals surface area contributed by atoms with Crippen molar-refractivity contribution >= 4 is 5.71 Å². The van der Waals surface area contributed by atoms with Crippen LogP contribution in [0.15, 0.2) is 53.7 Å². The van der Waals surface area contributed by atoms with Gasteiger partial charge in [-0.25, -0.2) is 0 Å². The molecule has 0 aliphatic heterocycles. The minimum Gasteiger partial charge on any atom is -0.507 e. The van der Waals surface area contributed by atoms with Gasteiger partial charge in [-0.15, -0.1) is 0 Å². The summed E-state index contributed by atoms with van der Waals surface area (Å²) < 4.78 is 0. The molecule has 2 aromatic rings. The van der Waals surface area contributed by atoms with Gasteiger partial charge in [-0.2, -0.15) is 0 Å². The predicted octanol–water partition coefficient (Wildman–Crippen LogP) is 6.11. The molecule has 0 heterocycles. The number of oxime groups is 1. The fourth-order valence-electron chi connectivity index (χ4n) is 3.23. The van der Waals surface area contributed by atoms with E-state index in [9.17, 15) is 10.3 Å². The molecule has 0 bridgehead atoms. The molecule has 0 unspecified atom stereocenters. The van der Waals surface area contributed by atoms with Gasteiger partial charge in [-0.05, 0) is 36.1 Å². The molecular formula is C23H31NO2. The molecule has 0 aliphatic carbocycles. The Hall–Kier alpha value is -2.29. The summed E-state index contributed by atoms with van der Waals surface area (Å²) in [5, 5.41) is 23.1. The zero-order chi connectivity index (χ0) is 18.6. The van der Waals surface area contributed by atoms with Gasteiger partial charge in [-0.1, -0.05) is 87.0 Å². The molecule has 3 nitrogen and oxygen atoms in total. The van der Waals surface area contributed by atoms with Crippen molar-refractivity contribution in [3.05, 3.63) is 65.2 Å². The Morgan fingerprint density at radius 2 is 1.54 bits per heavy atom. The number of rotatable bonds is 11. The first-order valence-electron chi connectivity index (χ1n) is 9.81. The summed E-state index contributed by atoms with van der Waals surface area (Å²) in [6, 6.07) is 15.5. The fraction of sp³-hybridized carbons (Fsp3) is 0.435. The minimum absolute atomic E-state index is 0.164. The van der Waals surface area contributed by atoms with Crippen LogP contribution in [0.4, 0.5) is 0 Å². The maximum absolute atomic E-state index is 10.2.